The molecule has 0 bridgehead atoms. The summed E-state index contributed by atoms with van der Waals surface area (Å²) in [6, 6.07) is 16.5. The number of guanidine groups is 1. The van der Waals surface area contributed by atoms with Gasteiger partial charge in [0, 0.05) is 5.02 Å². The molecule has 1 aliphatic heterocycles. The van der Waals surface area contributed by atoms with E-state index in [1.54, 1.807) is 0 Å². The molecule has 3 nitrogen and oxygen atoms in total. The lowest BCUT2D eigenvalue weighted by Crippen LogP contribution is -2.39. The molecule has 3 rings (SSSR count). The molecule has 21 heavy (non-hydrogen) atoms. The molecule has 0 aromatic heterocycles. The summed E-state index contributed by atoms with van der Waals surface area (Å²) in [5.74, 6) is 0.495. The second-order valence-corrected chi connectivity index (χ2v) is 5.81. The minimum absolute atomic E-state index is 0.0631. The highest BCUT2D eigenvalue weighted by atomic mass is 35.5. The van der Waals surface area contributed by atoms with Gasteiger partial charge >= 0.3 is 0 Å². The van der Waals surface area contributed by atoms with E-state index in [-0.39, 0.29) is 12.1 Å². The Bertz CT molecular complexity index is 664. The number of aliphatic imine (C=N–C) groups is 1. The molecule has 0 aliphatic carbocycles. The molecule has 0 fully saturated rings. The van der Waals surface area contributed by atoms with Crippen molar-refractivity contribution in [1.29, 1.82) is 0 Å². The predicted octanol–water partition coefficient (Wildman–Crippen LogP) is 3.74. The molecule has 1 heterocycles. The van der Waals surface area contributed by atoms with Gasteiger partial charge in [-0.1, -0.05) is 48.0 Å². The van der Waals surface area contributed by atoms with Gasteiger partial charge in [0.25, 0.3) is 0 Å². The van der Waals surface area contributed by atoms with Crippen LogP contribution in [0.15, 0.2) is 53.5 Å². The molecule has 0 saturated carbocycles. The summed E-state index contributed by atoms with van der Waals surface area (Å²) in [6.45, 7) is 2.12. The third-order valence-electron chi connectivity index (χ3n) is 3.89. The standard InChI is InChI=1S/C17H18ClN3/c1-11-4-2-3-5-14(11)16-10-15(20-17(19)21-16)12-6-8-13(18)9-7-12/h2-9,15-16H,10H2,1H3,(H3,19,20,21). The molecular weight excluding hydrogens is 282 g/mol. The molecule has 0 radical (unpaired) electrons. The van der Waals surface area contributed by atoms with Crippen molar-refractivity contribution in [1.82, 2.24) is 5.32 Å². The third-order valence-corrected chi connectivity index (χ3v) is 4.15. The first-order valence-corrected chi connectivity index (χ1v) is 7.42. The first kappa shape index (κ1) is 14.0. The Kier molecular flexibility index (Phi) is 3.84. The zero-order valence-electron chi connectivity index (χ0n) is 11.9. The maximum Gasteiger partial charge on any atom is 0.189 e. The van der Waals surface area contributed by atoms with Crippen LogP contribution in [0.25, 0.3) is 0 Å². The van der Waals surface area contributed by atoms with Crippen molar-refractivity contribution in [3.05, 3.63) is 70.2 Å². The normalized spacial score (nSPS) is 21.5. The van der Waals surface area contributed by atoms with E-state index in [9.17, 15) is 0 Å². The molecular formula is C17H18ClN3. The second-order valence-electron chi connectivity index (χ2n) is 5.37. The van der Waals surface area contributed by atoms with Crippen LogP contribution in [0.4, 0.5) is 0 Å². The number of nitrogens with zero attached hydrogens (tertiary/aromatic N) is 1. The first-order chi connectivity index (χ1) is 10.1. The molecule has 0 amide bonds. The highest BCUT2D eigenvalue weighted by Gasteiger charge is 2.25. The van der Waals surface area contributed by atoms with Crippen LogP contribution < -0.4 is 11.1 Å². The molecule has 0 saturated heterocycles. The van der Waals surface area contributed by atoms with Crippen molar-refractivity contribution in [3.8, 4) is 0 Å². The van der Waals surface area contributed by atoms with Gasteiger partial charge in [-0.2, -0.15) is 0 Å². The minimum Gasteiger partial charge on any atom is -0.370 e. The van der Waals surface area contributed by atoms with Crippen molar-refractivity contribution in [3.63, 3.8) is 0 Å². The van der Waals surface area contributed by atoms with E-state index in [0.29, 0.717) is 5.96 Å². The summed E-state index contributed by atoms with van der Waals surface area (Å²) in [6.07, 6.45) is 0.882. The number of benzene rings is 2. The van der Waals surface area contributed by atoms with Crippen molar-refractivity contribution in [2.24, 2.45) is 10.7 Å². The Morgan fingerprint density at radius 2 is 1.86 bits per heavy atom. The number of nitrogens with one attached hydrogen (secondary N) is 1. The third kappa shape index (κ3) is 3.03. The van der Waals surface area contributed by atoms with Crippen LogP contribution in [0.3, 0.4) is 0 Å². The molecule has 2 aromatic rings. The minimum atomic E-state index is 0.0631. The van der Waals surface area contributed by atoms with Gasteiger partial charge in [0.1, 0.15) is 0 Å². The summed E-state index contributed by atoms with van der Waals surface area (Å²) < 4.78 is 0. The van der Waals surface area contributed by atoms with Gasteiger partial charge in [0.15, 0.2) is 5.96 Å². The van der Waals surface area contributed by atoms with Crippen LogP contribution in [0, 0.1) is 6.92 Å². The Morgan fingerprint density at radius 1 is 1.14 bits per heavy atom. The average molecular weight is 300 g/mol. The van der Waals surface area contributed by atoms with Crippen LogP contribution in [0.2, 0.25) is 5.02 Å². The summed E-state index contributed by atoms with van der Waals surface area (Å²) in [7, 11) is 0. The zero-order valence-corrected chi connectivity index (χ0v) is 12.6. The smallest absolute Gasteiger partial charge is 0.189 e. The molecule has 4 heteroatoms. The van der Waals surface area contributed by atoms with Crippen LogP contribution in [0.1, 0.15) is 35.2 Å². The van der Waals surface area contributed by atoms with Crippen LogP contribution >= 0.6 is 11.6 Å². The average Bonchev–Trinajstić information content (AvgIpc) is 2.48. The van der Waals surface area contributed by atoms with Crippen LogP contribution in [-0.2, 0) is 0 Å². The summed E-state index contributed by atoms with van der Waals surface area (Å²) in [4.78, 5) is 4.53. The van der Waals surface area contributed by atoms with Gasteiger partial charge in [0.2, 0.25) is 0 Å². The van der Waals surface area contributed by atoms with Gasteiger partial charge in [-0.05, 0) is 42.2 Å². The van der Waals surface area contributed by atoms with Crippen LogP contribution in [0.5, 0.6) is 0 Å². The van der Waals surface area contributed by atoms with Gasteiger partial charge in [-0.25, -0.2) is 4.99 Å². The Labute approximate surface area is 129 Å². The van der Waals surface area contributed by atoms with E-state index in [4.69, 9.17) is 17.3 Å². The quantitative estimate of drug-likeness (QED) is 0.887. The monoisotopic (exact) mass is 299 g/mol. The fraction of sp³-hybridized carbons (Fsp3) is 0.235. The van der Waals surface area contributed by atoms with Crippen molar-refractivity contribution in [2.45, 2.75) is 25.4 Å². The maximum absolute atomic E-state index is 5.98. The molecule has 3 N–H and O–H groups in total. The van der Waals surface area contributed by atoms with E-state index >= 15 is 0 Å². The SMILES string of the molecule is Cc1ccccc1C1CC(c2ccc(Cl)cc2)N=C(N)N1. The number of rotatable bonds is 2. The molecule has 2 aromatic carbocycles. The van der Waals surface area contributed by atoms with Crippen molar-refractivity contribution < 1.29 is 0 Å². The largest absolute Gasteiger partial charge is 0.370 e. The van der Waals surface area contributed by atoms with E-state index in [1.165, 1.54) is 11.1 Å². The van der Waals surface area contributed by atoms with E-state index in [2.05, 4.69) is 41.5 Å². The summed E-state index contributed by atoms with van der Waals surface area (Å²) in [5.41, 5.74) is 9.66. The summed E-state index contributed by atoms with van der Waals surface area (Å²) >= 11 is 5.95. The highest BCUT2D eigenvalue weighted by Crippen LogP contribution is 2.33. The highest BCUT2D eigenvalue weighted by molar-refractivity contribution is 6.30. The van der Waals surface area contributed by atoms with E-state index in [1.807, 2.05) is 24.3 Å². The van der Waals surface area contributed by atoms with Crippen molar-refractivity contribution >= 4 is 17.6 Å². The predicted molar refractivity (Wildman–Crippen MR) is 87.5 cm³/mol. The second kappa shape index (κ2) is 5.78. The Balaban J connectivity index is 1.89. The van der Waals surface area contributed by atoms with Gasteiger partial charge in [0.05, 0.1) is 12.1 Å². The first-order valence-electron chi connectivity index (χ1n) is 7.04. The number of hydrogen-bond acceptors (Lipinski definition) is 3. The van der Waals surface area contributed by atoms with Gasteiger partial charge < -0.3 is 11.1 Å². The molecule has 2 atom stereocenters. The number of nitrogens with two attached hydrogens (primary N) is 1. The van der Waals surface area contributed by atoms with Crippen molar-refractivity contribution in [2.75, 3.05) is 0 Å². The van der Waals surface area contributed by atoms with Crippen LogP contribution in [-0.4, -0.2) is 5.96 Å². The Morgan fingerprint density at radius 3 is 2.57 bits per heavy atom. The number of hydrogen-bond donors (Lipinski definition) is 2. The molecule has 108 valence electrons. The molecule has 1 aliphatic rings. The lowest BCUT2D eigenvalue weighted by atomic mass is 9.92. The van der Waals surface area contributed by atoms with E-state index < -0.39 is 0 Å². The fourth-order valence-corrected chi connectivity index (χ4v) is 2.92. The topological polar surface area (TPSA) is 50.4 Å². The maximum atomic E-state index is 5.98. The Hall–Kier alpha value is -2.00. The molecule has 2 unspecified atom stereocenters. The van der Waals surface area contributed by atoms with E-state index in [0.717, 1.165) is 17.0 Å². The lowest BCUT2D eigenvalue weighted by molar-refractivity contribution is 0.486. The fourth-order valence-electron chi connectivity index (χ4n) is 2.80. The zero-order chi connectivity index (χ0) is 14.8. The lowest BCUT2D eigenvalue weighted by Gasteiger charge is -2.29. The van der Waals surface area contributed by atoms with Gasteiger partial charge in [-0.3, -0.25) is 0 Å². The van der Waals surface area contributed by atoms with Gasteiger partial charge in [-0.15, -0.1) is 0 Å². The molecule has 0 spiro atoms. The summed E-state index contributed by atoms with van der Waals surface area (Å²) in [5, 5.41) is 4.02. The number of halogens is 1. The number of aryl methyl sites for hydroxylation is 1.